The van der Waals surface area contributed by atoms with Crippen molar-refractivity contribution < 1.29 is 14.3 Å². The maximum atomic E-state index is 12.9. The first kappa shape index (κ1) is 22.7. The minimum atomic E-state index is -0.436. The Morgan fingerprint density at radius 1 is 1.19 bits per heavy atom. The first-order valence-corrected chi connectivity index (χ1v) is 11.7. The predicted octanol–water partition coefficient (Wildman–Crippen LogP) is 6.11. The van der Waals surface area contributed by atoms with Gasteiger partial charge in [0.25, 0.3) is 0 Å². The van der Waals surface area contributed by atoms with E-state index < -0.39 is 5.60 Å². The fraction of sp³-hybridized carbons (Fsp3) is 0.417. The third kappa shape index (κ3) is 4.14. The first-order valence-electron chi connectivity index (χ1n) is 10.9. The maximum absolute atomic E-state index is 12.9. The molecular formula is C24H27Cl2N3O3. The Morgan fingerprint density at radius 2 is 1.94 bits per heavy atom. The molecule has 2 aromatic carbocycles. The van der Waals surface area contributed by atoms with E-state index in [1.807, 2.05) is 24.3 Å². The van der Waals surface area contributed by atoms with Crippen molar-refractivity contribution >= 4 is 46.5 Å². The Bertz CT molecular complexity index is 1070. The van der Waals surface area contributed by atoms with Crippen molar-refractivity contribution in [1.29, 1.82) is 0 Å². The van der Waals surface area contributed by atoms with Crippen LogP contribution in [0.2, 0.25) is 10.0 Å². The van der Waals surface area contributed by atoms with Crippen LogP contribution in [-0.2, 0) is 11.2 Å². The van der Waals surface area contributed by atoms with Gasteiger partial charge < -0.3 is 20.3 Å². The summed E-state index contributed by atoms with van der Waals surface area (Å²) >= 11 is 12.7. The molecule has 2 heterocycles. The molecule has 0 saturated carbocycles. The molecule has 0 bridgehead atoms. The average molecular weight is 476 g/mol. The number of urea groups is 1. The van der Waals surface area contributed by atoms with Crippen LogP contribution in [-0.4, -0.2) is 24.6 Å². The number of carbonyl (C=O) groups is 2. The van der Waals surface area contributed by atoms with Crippen LogP contribution in [0.5, 0.6) is 5.75 Å². The lowest BCUT2D eigenvalue weighted by atomic mass is 9.83. The number of amides is 3. The van der Waals surface area contributed by atoms with E-state index in [4.69, 9.17) is 27.9 Å². The summed E-state index contributed by atoms with van der Waals surface area (Å²) in [6.45, 7) is 4.13. The number of anilines is 2. The number of hydrogen-bond acceptors (Lipinski definition) is 3. The number of carbonyl (C=O) groups excluding carboxylic acids is 2. The van der Waals surface area contributed by atoms with Gasteiger partial charge in [-0.15, -0.1) is 0 Å². The number of nitrogens with one attached hydrogen (secondary N) is 2. The highest BCUT2D eigenvalue weighted by Gasteiger charge is 2.40. The van der Waals surface area contributed by atoms with Crippen molar-refractivity contribution in [3.8, 4) is 5.75 Å². The van der Waals surface area contributed by atoms with E-state index in [1.54, 1.807) is 18.0 Å². The van der Waals surface area contributed by atoms with E-state index in [0.29, 0.717) is 40.7 Å². The molecule has 2 aliphatic rings. The predicted molar refractivity (Wildman–Crippen MR) is 128 cm³/mol. The average Bonchev–Trinajstić information content (AvgIpc) is 2.79. The highest BCUT2D eigenvalue weighted by Crippen LogP contribution is 2.48. The molecular weight excluding hydrogens is 449 g/mol. The van der Waals surface area contributed by atoms with Gasteiger partial charge in [0.1, 0.15) is 16.4 Å². The molecule has 0 unspecified atom stereocenters. The van der Waals surface area contributed by atoms with Gasteiger partial charge in [-0.3, -0.25) is 4.79 Å². The molecule has 32 heavy (non-hydrogen) atoms. The minimum Gasteiger partial charge on any atom is -0.485 e. The highest BCUT2D eigenvalue weighted by atomic mass is 35.5. The Labute approximate surface area is 198 Å². The third-order valence-corrected chi connectivity index (χ3v) is 7.42. The van der Waals surface area contributed by atoms with Crippen molar-refractivity contribution in [2.75, 3.05) is 17.3 Å². The van der Waals surface area contributed by atoms with Crippen LogP contribution in [0, 0.1) is 0 Å². The van der Waals surface area contributed by atoms with E-state index >= 15 is 0 Å². The zero-order valence-corrected chi connectivity index (χ0v) is 19.9. The van der Waals surface area contributed by atoms with E-state index in [2.05, 4.69) is 24.5 Å². The lowest BCUT2D eigenvalue weighted by Crippen LogP contribution is -2.45. The summed E-state index contributed by atoms with van der Waals surface area (Å²) in [6.07, 6.45) is 3.39. The molecule has 0 aromatic heterocycles. The summed E-state index contributed by atoms with van der Waals surface area (Å²) in [7, 11) is 1.76. The van der Waals surface area contributed by atoms with Crippen LogP contribution in [0.1, 0.15) is 56.7 Å². The van der Waals surface area contributed by atoms with Gasteiger partial charge in [0.2, 0.25) is 5.91 Å². The molecule has 2 aliphatic heterocycles. The fourth-order valence-electron chi connectivity index (χ4n) is 4.51. The van der Waals surface area contributed by atoms with Crippen LogP contribution >= 0.6 is 23.2 Å². The van der Waals surface area contributed by atoms with Gasteiger partial charge >= 0.3 is 6.03 Å². The van der Waals surface area contributed by atoms with Crippen LogP contribution in [0.4, 0.5) is 16.2 Å². The summed E-state index contributed by atoms with van der Waals surface area (Å²) < 4.78 is 6.32. The SMILES string of the molecule is CCC1(CC)C[C@@H](NC(=O)Nc2ccc3c(c2)N(C)C(=O)CC3)c2ccc(Cl)c(Cl)c2O1. The van der Waals surface area contributed by atoms with Gasteiger partial charge in [0, 0.05) is 36.8 Å². The molecule has 2 aromatic rings. The molecule has 3 amide bonds. The Hall–Kier alpha value is -2.44. The maximum Gasteiger partial charge on any atom is 0.319 e. The molecule has 6 nitrogen and oxygen atoms in total. The van der Waals surface area contributed by atoms with Crippen LogP contribution in [0.15, 0.2) is 30.3 Å². The molecule has 1 atom stereocenters. The molecule has 2 N–H and O–H groups in total. The summed E-state index contributed by atoms with van der Waals surface area (Å²) in [5, 5.41) is 6.77. The Kier molecular flexibility index (Phi) is 6.28. The number of halogens is 2. The lowest BCUT2D eigenvalue weighted by molar-refractivity contribution is -0.118. The second-order valence-corrected chi connectivity index (χ2v) is 9.21. The first-order chi connectivity index (χ1) is 15.3. The number of nitrogens with zero attached hydrogens (tertiary/aromatic N) is 1. The molecule has 8 heteroatoms. The summed E-state index contributed by atoms with van der Waals surface area (Å²) in [4.78, 5) is 26.6. The zero-order chi connectivity index (χ0) is 23.0. The van der Waals surface area contributed by atoms with E-state index in [1.165, 1.54) is 0 Å². The van der Waals surface area contributed by atoms with Crippen LogP contribution < -0.4 is 20.3 Å². The zero-order valence-electron chi connectivity index (χ0n) is 18.4. The molecule has 4 rings (SSSR count). The summed E-state index contributed by atoms with van der Waals surface area (Å²) in [5.41, 5.74) is 2.92. The third-order valence-electron chi connectivity index (χ3n) is 6.63. The quantitative estimate of drug-likeness (QED) is 0.560. The molecule has 170 valence electrons. The molecule has 0 fully saturated rings. The molecule has 0 saturated heterocycles. The number of ether oxygens (including phenoxy) is 1. The topological polar surface area (TPSA) is 70.7 Å². The highest BCUT2D eigenvalue weighted by molar-refractivity contribution is 6.43. The van der Waals surface area contributed by atoms with Crippen molar-refractivity contribution in [2.45, 2.75) is 57.6 Å². The molecule has 0 spiro atoms. The minimum absolute atomic E-state index is 0.0731. The second kappa shape index (κ2) is 8.83. The van der Waals surface area contributed by atoms with Gasteiger partial charge in [-0.05, 0) is 43.0 Å². The standard InChI is InChI=1S/C24H27Cl2N3O3/c1-4-24(5-2)13-18(16-9-10-17(25)21(26)22(16)32-24)28-23(31)27-15-8-6-14-7-11-20(30)29(3)19(14)12-15/h6,8-10,12,18H,4-5,7,11,13H2,1-3H3,(H2,27,28,31)/t18-/m1/s1. The van der Waals surface area contributed by atoms with Crippen molar-refractivity contribution in [3.05, 3.63) is 51.5 Å². The lowest BCUT2D eigenvalue weighted by Gasteiger charge is -2.42. The van der Waals surface area contributed by atoms with Gasteiger partial charge in [0.15, 0.2) is 0 Å². The van der Waals surface area contributed by atoms with Crippen LogP contribution in [0.3, 0.4) is 0 Å². The normalized spacial score (nSPS) is 19.0. The van der Waals surface area contributed by atoms with Gasteiger partial charge in [0.05, 0.1) is 11.1 Å². The number of fused-ring (bicyclic) bond motifs is 2. The van der Waals surface area contributed by atoms with Crippen molar-refractivity contribution in [3.63, 3.8) is 0 Å². The smallest absolute Gasteiger partial charge is 0.319 e. The second-order valence-electron chi connectivity index (χ2n) is 8.42. The van der Waals surface area contributed by atoms with E-state index in [9.17, 15) is 9.59 Å². The van der Waals surface area contributed by atoms with E-state index in [-0.39, 0.29) is 18.0 Å². The van der Waals surface area contributed by atoms with E-state index in [0.717, 1.165) is 29.7 Å². The van der Waals surface area contributed by atoms with Crippen molar-refractivity contribution in [1.82, 2.24) is 5.32 Å². The number of hydrogen-bond donors (Lipinski definition) is 2. The van der Waals surface area contributed by atoms with Gasteiger partial charge in [-0.2, -0.15) is 0 Å². The summed E-state index contributed by atoms with van der Waals surface area (Å²) in [6, 6.07) is 8.61. The Morgan fingerprint density at radius 3 is 2.66 bits per heavy atom. The monoisotopic (exact) mass is 475 g/mol. The van der Waals surface area contributed by atoms with Crippen LogP contribution in [0.25, 0.3) is 0 Å². The number of aryl methyl sites for hydroxylation is 1. The molecule has 0 aliphatic carbocycles. The summed E-state index contributed by atoms with van der Waals surface area (Å²) in [5.74, 6) is 0.609. The fourth-order valence-corrected chi connectivity index (χ4v) is 4.87. The largest absolute Gasteiger partial charge is 0.485 e. The number of benzene rings is 2. The number of rotatable bonds is 4. The Balaban J connectivity index is 1.57. The van der Waals surface area contributed by atoms with Gasteiger partial charge in [-0.25, -0.2) is 4.79 Å². The van der Waals surface area contributed by atoms with Gasteiger partial charge in [-0.1, -0.05) is 49.2 Å². The van der Waals surface area contributed by atoms with Crippen molar-refractivity contribution in [2.24, 2.45) is 0 Å². The molecule has 0 radical (unpaired) electrons.